The van der Waals surface area contributed by atoms with Gasteiger partial charge in [0.15, 0.2) is 5.65 Å². The van der Waals surface area contributed by atoms with Gasteiger partial charge in [-0.25, -0.2) is 4.98 Å². The van der Waals surface area contributed by atoms with E-state index in [-0.39, 0.29) is 0 Å². The second-order valence-corrected chi connectivity index (χ2v) is 6.21. The van der Waals surface area contributed by atoms with E-state index in [4.69, 9.17) is 0 Å². The summed E-state index contributed by atoms with van der Waals surface area (Å²) in [7, 11) is 1.93. The van der Waals surface area contributed by atoms with Gasteiger partial charge in [0.1, 0.15) is 0 Å². The van der Waals surface area contributed by atoms with E-state index in [0.717, 1.165) is 36.2 Å². The fourth-order valence-electron chi connectivity index (χ4n) is 3.24. The number of hydrogen-bond donors (Lipinski definition) is 2. The number of nitrogens with one attached hydrogen (secondary N) is 2. The molecular formula is C19H21N5. The number of aromatic amines is 1. The monoisotopic (exact) mass is 319 g/mol. The lowest BCUT2D eigenvalue weighted by Gasteiger charge is -2.05. The highest BCUT2D eigenvalue weighted by atomic mass is 15.3. The number of aromatic nitrogens is 4. The van der Waals surface area contributed by atoms with Gasteiger partial charge < -0.3 is 10.3 Å². The van der Waals surface area contributed by atoms with E-state index in [2.05, 4.69) is 56.9 Å². The number of nitrogens with zero attached hydrogens (tertiary/aromatic N) is 3. The van der Waals surface area contributed by atoms with Crippen molar-refractivity contribution in [2.75, 3.05) is 6.54 Å². The summed E-state index contributed by atoms with van der Waals surface area (Å²) in [6.07, 6.45) is 5.05. The van der Waals surface area contributed by atoms with Crippen LogP contribution in [0.3, 0.4) is 0 Å². The lowest BCUT2D eigenvalue weighted by molar-refractivity contribution is 0.687. The minimum absolute atomic E-state index is 0.819. The SMILES string of the molecule is Cc1nn(C)c2ncc(CNCCc3c[nH]c4ccccc34)cc12. The molecule has 0 aliphatic carbocycles. The Balaban J connectivity index is 1.40. The van der Waals surface area contributed by atoms with Crippen molar-refractivity contribution in [3.05, 3.63) is 59.5 Å². The Morgan fingerprint density at radius 1 is 1.21 bits per heavy atom. The standard InChI is InChI=1S/C19H21N5/c1-13-17-9-14(11-22-19(17)24(2)23-13)10-20-8-7-15-12-21-18-6-4-3-5-16(15)18/h3-6,9,11-12,20-21H,7-8,10H2,1-2H3. The van der Waals surface area contributed by atoms with Crippen molar-refractivity contribution in [2.24, 2.45) is 7.05 Å². The third-order valence-corrected chi connectivity index (χ3v) is 4.49. The summed E-state index contributed by atoms with van der Waals surface area (Å²) in [5.41, 5.74) is 5.72. The number of pyridine rings is 1. The summed E-state index contributed by atoms with van der Waals surface area (Å²) in [5.74, 6) is 0. The van der Waals surface area contributed by atoms with Gasteiger partial charge in [0.05, 0.1) is 5.69 Å². The van der Waals surface area contributed by atoms with Gasteiger partial charge >= 0.3 is 0 Å². The van der Waals surface area contributed by atoms with E-state index < -0.39 is 0 Å². The van der Waals surface area contributed by atoms with Crippen LogP contribution in [0.2, 0.25) is 0 Å². The highest BCUT2D eigenvalue weighted by Crippen LogP contribution is 2.18. The molecule has 0 radical (unpaired) electrons. The van der Waals surface area contributed by atoms with Crippen LogP contribution in [0.25, 0.3) is 21.9 Å². The van der Waals surface area contributed by atoms with E-state index in [1.54, 1.807) is 0 Å². The summed E-state index contributed by atoms with van der Waals surface area (Å²) in [6, 6.07) is 10.6. The molecule has 0 aliphatic rings. The molecule has 0 atom stereocenters. The molecule has 1 aromatic carbocycles. The van der Waals surface area contributed by atoms with Crippen LogP contribution in [-0.2, 0) is 20.0 Å². The van der Waals surface area contributed by atoms with E-state index in [0.29, 0.717) is 0 Å². The molecule has 3 aromatic heterocycles. The van der Waals surface area contributed by atoms with Crippen molar-refractivity contribution in [2.45, 2.75) is 19.9 Å². The zero-order valence-corrected chi connectivity index (χ0v) is 14.0. The van der Waals surface area contributed by atoms with Gasteiger partial charge in [0, 0.05) is 42.3 Å². The fourth-order valence-corrected chi connectivity index (χ4v) is 3.24. The summed E-state index contributed by atoms with van der Waals surface area (Å²) < 4.78 is 1.83. The molecule has 0 saturated carbocycles. The van der Waals surface area contributed by atoms with Gasteiger partial charge in [0.25, 0.3) is 0 Å². The van der Waals surface area contributed by atoms with E-state index >= 15 is 0 Å². The van der Waals surface area contributed by atoms with Crippen LogP contribution < -0.4 is 5.32 Å². The smallest absolute Gasteiger partial charge is 0.157 e. The molecule has 24 heavy (non-hydrogen) atoms. The van der Waals surface area contributed by atoms with Gasteiger partial charge in [-0.3, -0.25) is 4.68 Å². The quantitative estimate of drug-likeness (QED) is 0.556. The Kier molecular flexibility index (Phi) is 3.78. The van der Waals surface area contributed by atoms with Gasteiger partial charge in [-0.05, 0) is 43.1 Å². The first kappa shape index (κ1) is 14.9. The molecule has 0 saturated heterocycles. The maximum Gasteiger partial charge on any atom is 0.157 e. The Hall–Kier alpha value is -2.66. The lowest BCUT2D eigenvalue weighted by Crippen LogP contribution is -2.16. The van der Waals surface area contributed by atoms with Crippen molar-refractivity contribution in [1.29, 1.82) is 0 Å². The average Bonchev–Trinajstić information content (AvgIpc) is 3.13. The first-order valence-electron chi connectivity index (χ1n) is 8.26. The predicted octanol–water partition coefficient (Wildman–Crippen LogP) is 3.09. The molecule has 122 valence electrons. The summed E-state index contributed by atoms with van der Waals surface area (Å²) >= 11 is 0. The number of fused-ring (bicyclic) bond motifs is 2. The van der Waals surface area contributed by atoms with Crippen LogP contribution >= 0.6 is 0 Å². The van der Waals surface area contributed by atoms with Gasteiger partial charge in [-0.15, -0.1) is 0 Å². The topological polar surface area (TPSA) is 58.5 Å². The molecule has 0 fully saturated rings. The van der Waals surface area contributed by atoms with Crippen molar-refractivity contribution in [1.82, 2.24) is 25.1 Å². The number of para-hydroxylation sites is 1. The molecule has 2 N–H and O–H groups in total. The molecule has 0 bridgehead atoms. The van der Waals surface area contributed by atoms with Gasteiger partial charge in [-0.1, -0.05) is 18.2 Å². The van der Waals surface area contributed by atoms with Crippen molar-refractivity contribution in [3.63, 3.8) is 0 Å². The zero-order chi connectivity index (χ0) is 16.5. The molecular weight excluding hydrogens is 298 g/mol. The highest BCUT2D eigenvalue weighted by molar-refractivity contribution is 5.83. The van der Waals surface area contributed by atoms with Crippen LogP contribution in [0, 0.1) is 6.92 Å². The summed E-state index contributed by atoms with van der Waals surface area (Å²) in [6.45, 7) is 3.78. The van der Waals surface area contributed by atoms with Gasteiger partial charge in [0.2, 0.25) is 0 Å². The molecule has 4 rings (SSSR count). The fraction of sp³-hybridized carbons (Fsp3) is 0.263. The molecule has 5 nitrogen and oxygen atoms in total. The largest absolute Gasteiger partial charge is 0.361 e. The number of H-pyrrole nitrogens is 1. The number of aryl methyl sites for hydroxylation is 2. The molecule has 0 unspecified atom stereocenters. The number of benzene rings is 1. The Morgan fingerprint density at radius 2 is 2.08 bits per heavy atom. The zero-order valence-electron chi connectivity index (χ0n) is 14.0. The lowest BCUT2D eigenvalue weighted by atomic mass is 10.1. The Labute approximate surface area is 140 Å². The maximum absolute atomic E-state index is 4.53. The average molecular weight is 319 g/mol. The van der Waals surface area contributed by atoms with Crippen molar-refractivity contribution >= 4 is 21.9 Å². The first-order valence-corrected chi connectivity index (χ1v) is 8.26. The Bertz CT molecular complexity index is 996. The van der Waals surface area contributed by atoms with Crippen LogP contribution in [0.4, 0.5) is 0 Å². The van der Waals surface area contributed by atoms with Crippen LogP contribution in [0.15, 0.2) is 42.7 Å². The van der Waals surface area contributed by atoms with Crippen molar-refractivity contribution in [3.8, 4) is 0 Å². The molecule has 3 heterocycles. The van der Waals surface area contributed by atoms with Crippen molar-refractivity contribution < 1.29 is 0 Å². The maximum atomic E-state index is 4.53. The second kappa shape index (κ2) is 6.09. The van der Waals surface area contributed by atoms with E-state index in [1.807, 2.05) is 24.9 Å². The number of hydrogen-bond acceptors (Lipinski definition) is 3. The third-order valence-electron chi connectivity index (χ3n) is 4.49. The molecule has 0 aliphatic heterocycles. The number of rotatable bonds is 5. The minimum Gasteiger partial charge on any atom is -0.361 e. The highest BCUT2D eigenvalue weighted by Gasteiger charge is 2.07. The second-order valence-electron chi connectivity index (χ2n) is 6.21. The Morgan fingerprint density at radius 3 is 3.00 bits per heavy atom. The minimum atomic E-state index is 0.819. The predicted molar refractivity (Wildman–Crippen MR) is 97.0 cm³/mol. The normalized spacial score (nSPS) is 11.6. The van der Waals surface area contributed by atoms with Crippen LogP contribution in [-0.4, -0.2) is 26.3 Å². The van der Waals surface area contributed by atoms with Crippen LogP contribution in [0.1, 0.15) is 16.8 Å². The first-order chi connectivity index (χ1) is 11.7. The molecule has 0 amide bonds. The third kappa shape index (κ3) is 2.67. The molecule has 5 heteroatoms. The van der Waals surface area contributed by atoms with Gasteiger partial charge in [-0.2, -0.15) is 5.10 Å². The van der Waals surface area contributed by atoms with E-state index in [9.17, 15) is 0 Å². The summed E-state index contributed by atoms with van der Waals surface area (Å²) in [5, 5.41) is 10.4. The molecule has 4 aromatic rings. The van der Waals surface area contributed by atoms with Crippen LogP contribution in [0.5, 0.6) is 0 Å². The van der Waals surface area contributed by atoms with E-state index in [1.165, 1.54) is 22.0 Å². The molecule has 0 spiro atoms. The summed E-state index contributed by atoms with van der Waals surface area (Å²) in [4.78, 5) is 7.85.